The van der Waals surface area contributed by atoms with Gasteiger partial charge < -0.3 is 29.3 Å². The zero-order valence-corrected chi connectivity index (χ0v) is 21.6. The molecule has 0 aliphatic carbocycles. The van der Waals surface area contributed by atoms with Crippen LogP contribution in [0.15, 0.2) is 24.3 Å². The predicted molar refractivity (Wildman–Crippen MR) is 130 cm³/mol. The Morgan fingerprint density at radius 1 is 0.818 bits per heavy atom. The molecule has 184 valence electrons. The number of benzene rings is 2. The fraction of sp³-hybridized carbons (Fsp3) is 0.333. The van der Waals surface area contributed by atoms with E-state index >= 15 is 0 Å². The molecule has 2 N–H and O–H groups in total. The molecule has 0 fully saturated rings. The van der Waals surface area contributed by atoms with Crippen molar-refractivity contribution in [2.24, 2.45) is 0 Å². The van der Waals surface area contributed by atoms with Gasteiger partial charge in [0.1, 0.15) is 17.7 Å². The minimum atomic E-state index is -1.16. The SMILES string of the molecule is CN(C)C.COc1c(Cl)ccc(Cl)c1C(=O)O.COc1c(Cl)ccc(Cl)c1C(=O)OCCO. The number of carboxylic acid groups (broad SMARTS) is 1. The molecule has 12 heteroatoms. The number of nitrogens with zero attached hydrogens (tertiary/aromatic N) is 1. The quantitative estimate of drug-likeness (QED) is 0.488. The molecule has 0 saturated carbocycles. The van der Waals surface area contributed by atoms with Gasteiger partial charge in [0, 0.05) is 0 Å². The fourth-order valence-corrected chi connectivity index (χ4v) is 2.99. The Labute approximate surface area is 212 Å². The van der Waals surface area contributed by atoms with Crippen LogP contribution in [0.3, 0.4) is 0 Å². The van der Waals surface area contributed by atoms with Crippen LogP contribution in [0, 0.1) is 0 Å². The minimum Gasteiger partial charge on any atom is -0.494 e. The predicted octanol–water partition coefficient (Wildman–Crippen LogP) is 5.03. The first-order valence-electron chi connectivity index (χ1n) is 9.08. The largest absolute Gasteiger partial charge is 0.494 e. The van der Waals surface area contributed by atoms with Gasteiger partial charge in [0.05, 0.1) is 40.9 Å². The molecule has 0 bridgehead atoms. The molecule has 2 aromatic rings. The van der Waals surface area contributed by atoms with Crippen molar-refractivity contribution in [1.29, 1.82) is 0 Å². The molecule has 0 aromatic heterocycles. The number of halogens is 4. The van der Waals surface area contributed by atoms with Crippen LogP contribution in [0.5, 0.6) is 11.5 Å². The lowest BCUT2D eigenvalue weighted by atomic mass is 10.2. The molecule has 0 spiro atoms. The van der Waals surface area contributed by atoms with Crippen LogP contribution in [-0.4, -0.2) is 75.6 Å². The van der Waals surface area contributed by atoms with Crippen molar-refractivity contribution < 1.29 is 34.0 Å². The number of methoxy groups -OCH3 is 2. The standard InChI is InChI=1S/C10H10Cl2O4.C8H6Cl2O3.C3H9N/c1-15-9-7(12)3-2-6(11)8(9)10(14)16-5-4-13;1-13-7-5(10)3-2-4(9)6(7)8(11)12;1-4(2)3/h2-3,13H,4-5H2,1H3;2-3H,1H3,(H,11,12);1-3H3. The Balaban J connectivity index is 0.000000542. The molecule has 0 saturated heterocycles. The summed E-state index contributed by atoms with van der Waals surface area (Å²) in [7, 11) is 8.71. The highest BCUT2D eigenvalue weighted by molar-refractivity contribution is 6.37. The van der Waals surface area contributed by atoms with E-state index in [1.165, 1.54) is 38.5 Å². The van der Waals surface area contributed by atoms with Crippen molar-refractivity contribution in [3.05, 3.63) is 55.5 Å². The molecule has 0 aliphatic rings. The Bertz CT molecular complexity index is 937. The molecule has 0 aliphatic heterocycles. The fourth-order valence-electron chi connectivity index (χ4n) is 2.07. The van der Waals surface area contributed by atoms with Crippen molar-refractivity contribution in [2.75, 3.05) is 48.6 Å². The third-order valence-corrected chi connectivity index (χ3v) is 4.49. The Morgan fingerprint density at radius 2 is 1.18 bits per heavy atom. The highest BCUT2D eigenvalue weighted by Gasteiger charge is 2.20. The molecule has 0 atom stereocenters. The first-order valence-corrected chi connectivity index (χ1v) is 10.6. The van der Waals surface area contributed by atoms with Gasteiger partial charge in [0.25, 0.3) is 0 Å². The Hall–Kier alpha value is -1.94. The smallest absolute Gasteiger partial charge is 0.343 e. The monoisotopic (exact) mass is 543 g/mol. The van der Waals surface area contributed by atoms with Crippen molar-refractivity contribution in [3.63, 3.8) is 0 Å². The summed E-state index contributed by atoms with van der Waals surface area (Å²) in [6.45, 7) is -0.364. The number of hydrogen-bond donors (Lipinski definition) is 2. The number of aliphatic hydroxyl groups is 1. The molecule has 0 radical (unpaired) electrons. The third-order valence-electron chi connectivity index (χ3n) is 3.27. The lowest BCUT2D eigenvalue weighted by Crippen LogP contribution is -2.11. The van der Waals surface area contributed by atoms with E-state index in [2.05, 4.69) is 0 Å². The first kappa shape index (κ1) is 31.1. The maximum absolute atomic E-state index is 11.6. The zero-order chi connectivity index (χ0) is 25.7. The van der Waals surface area contributed by atoms with Gasteiger partial charge in [-0.2, -0.15) is 0 Å². The summed E-state index contributed by atoms with van der Waals surface area (Å²) in [6, 6.07) is 5.89. The lowest BCUT2D eigenvalue weighted by Gasteiger charge is -2.11. The maximum Gasteiger partial charge on any atom is 0.343 e. The lowest BCUT2D eigenvalue weighted by molar-refractivity contribution is 0.0430. The van der Waals surface area contributed by atoms with Crippen LogP contribution < -0.4 is 9.47 Å². The maximum atomic E-state index is 11.6. The van der Waals surface area contributed by atoms with E-state index in [0.717, 1.165) is 0 Å². The van der Waals surface area contributed by atoms with E-state index in [1.54, 1.807) is 0 Å². The number of carboxylic acids is 1. The van der Waals surface area contributed by atoms with Crippen LogP contribution in [0.2, 0.25) is 20.1 Å². The third kappa shape index (κ3) is 10.2. The highest BCUT2D eigenvalue weighted by Crippen LogP contribution is 2.34. The van der Waals surface area contributed by atoms with Crippen molar-refractivity contribution >= 4 is 58.3 Å². The van der Waals surface area contributed by atoms with Gasteiger partial charge in [-0.05, 0) is 45.4 Å². The number of rotatable bonds is 6. The summed E-state index contributed by atoms with van der Waals surface area (Å²) in [5.74, 6) is -1.60. The topological polar surface area (TPSA) is 106 Å². The molecule has 0 amide bonds. The number of ether oxygens (including phenoxy) is 3. The number of esters is 1. The van der Waals surface area contributed by atoms with Gasteiger partial charge in [-0.15, -0.1) is 0 Å². The van der Waals surface area contributed by atoms with Gasteiger partial charge >= 0.3 is 11.9 Å². The second-order valence-corrected chi connectivity index (χ2v) is 8.01. The average molecular weight is 545 g/mol. The Morgan fingerprint density at radius 3 is 1.52 bits per heavy atom. The number of carbonyl (C=O) groups excluding carboxylic acids is 1. The van der Waals surface area contributed by atoms with Crippen molar-refractivity contribution in [1.82, 2.24) is 4.90 Å². The van der Waals surface area contributed by atoms with E-state index in [4.69, 9.17) is 70.8 Å². The van der Waals surface area contributed by atoms with E-state index in [0.29, 0.717) is 0 Å². The van der Waals surface area contributed by atoms with Gasteiger partial charge in [-0.25, -0.2) is 9.59 Å². The molecule has 2 aromatic carbocycles. The normalized spacial score (nSPS) is 9.79. The summed E-state index contributed by atoms with van der Waals surface area (Å²) in [6.07, 6.45) is 0. The molecule has 33 heavy (non-hydrogen) atoms. The van der Waals surface area contributed by atoms with Crippen LogP contribution >= 0.6 is 46.4 Å². The van der Waals surface area contributed by atoms with Crippen LogP contribution in [0.4, 0.5) is 0 Å². The molecule has 0 heterocycles. The molecule has 8 nitrogen and oxygen atoms in total. The van der Waals surface area contributed by atoms with Crippen molar-refractivity contribution in [2.45, 2.75) is 0 Å². The van der Waals surface area contributed by atoms with Crippen molar-refractivity contribution in [3.8, 4) is 11.5 Å². The van der Waals surface area contributed by atoms with Gasteiger partial charge in [0.15, 0.2) is 11.5 Å². The number of carbonyl (C=O) groups is 2. The van der Waals surface area contributed by atoms with Crippen LogP contribution in [0.1, 0.15) is 20.7 Å². The molecule has 0 unspecified atom stereocenters. The van der Waals surface area contributed by atoms with Crippen LogP contribution in [-0.2, 0) is 4.74 Å². The van der Waals surface area contributed by atoms with E-state index in [1.807, 2.05) is 26.0 Å². The minimum absolute atomic E-state index is 0.0603. The summed E-state index contributed by atoms with van der Waals surface area (Å²) < 4.78 is 14.5. The van der Waals surface area contributed by atoms with Gasteiger partial charge in [-0.3, -0.25) is 0 Å². The summed E-state index contributed by atoms with van der Waals surface area (Å²) in [5, 5.41) is 18.1. The van der Waals surface area contributed by atoms with Crippen LogP contribution in [0.25, 0.3) is 0 Å². The summed E-state index contributed by atoms with van der Waals surface area (Å²) in [5.41, 5.74) is -0.0539. The summed E-state index contributed by atoms with van der Waals surface area (Å²) in [4.78, 5) is 24.3. The summed E-state index contributed by atoms with van der Waals surface area (Å²) >= 11 is 23.0. The number of hydrogen-bond acceptors (Lipinski definition) is 7. The second-order valence-electron chi connectivity index (χ2n) is 6.38. The van der Waals surface area contributed by atoms with E-state index in [-0.39, 0.29) is 55.9 Å². The highest BCUT2D eigenvalue weighted by atomic mass is 35.5. The second kappa shape index (κ2) is 15.8. The number of aromatic carboxylic acids is 1. The number of aliphatic hydroxyl groups excluding tert-OH is 1. The van der Waals surface area contributed by atoms with E-state index < -0.39 is 11.9 Å². The average Bonchev–Trinajstić information content (AvgIpc) is 2.74. The molecular weight excluding hydrogens is 520 g/mol. The molecular formula is C21H25Cl4NO7. The molecule has 2 rings (SSSR count). The van der Waals surface area contributed by atoms with Gasteiger partial charge in [-0.1, -0.05) is 46.4 Å². The van der Waals surface area contributed by atoms with E-state index in [9.17, 15) is 9.59 Å². The first-order chi connectivity index (χ1) is 15.4. The Kier molecular flexibility index (Phi) is 14.9. The van der Waals surface area contributed by atoms with Gasteiger partial charge in [0.2, 0.25) is 0 Å². The zero-order valence-electron chi connectivity index (χ0n) is 18.6.